The fourth-order valence-corrected chi connectivity index (χ4v) is 3.69. The van der Waals surface area contributed by atoms with Crippen molar-refractivity contribution in [1.29, 1.82) is 0 Å². The molecule has 162 valence electrons. The van der Waals surface area contributed by atoms with Crippen LogP contribution in [0.1, 0.15) is 5.56 Å². The van der Waals surface area contributed by atoms with Gasteiger partial charge in [-0.3, -0.25) is 4.90 Å². The number of methoxy groups -OCH3 is 2. The highest BCUT2D eigenvalue weighted by atomic mass is 35.5. The first-order chi connectivity index (χ1) is 15.2. The summed E-state index contributed by atoms with van der Waals surface area (Å²) >= 11 is 5.99. The Kier molecular flexibility index (Phi) is 6.74. The van der Waals surface area contributed by atoms with Crippen LogP contribution in [0.3, 0.4) is 0 Å². The molecule has 0 bridgehead atoms. The number of hydrogen-bond acceptors (Lipinski definition) is 7. The molecule has 4 rings (SSSR count). The number of piperazine rings is 1. The van der Waals surface area contributed by atoms with Crippen LogP contribution in [0.5, 0.6) is 23.1 Å². The van der Waals surface area contributed by atoms with Crippen LogP contribution < -0.4 is 19.1 Å². The van der Waals surface area contributed by atoms with Crippen LogP contribution in [0.25, 0.3) is 0 Å². The second kappa shape index (κ2) is 9.85. The van der Waals surface area contributed by atoms with E-state index in [1.54, 1.807) is 38.7 Å². The molecule has 0 radical (unpaired) electrons. The van der Waals surface area contributed by atoms with Crippen molar-refractivity contribution >= 4 is 17.4 Å². The number of hydrogen-bond donors (Lipinski definition) is 0. The molecule has 0 spiro atoms. The molecule has 2 heterocycles. The molecule has 1 saturated heterocycles. The van der Waals surface area contributed by atoms with Crippen LogP contribution in [0.4, 0.5) is 5.82 Å². The third kappa shape index (κ3) is 5.18. The highest BCUT2D eigenvalue weighted by Crippen LogP contribution is 2.35. The third-order valence-electron chi connectivity index (χ3n) is 5.21. The van der Waals surface area contributed by atoms with E-state index in [0.717, 1.165) is 43.6 Å². The first-order valence-corrected chi connectivity index (χ1v) is 10.5. The normalized spacial score (nSPS) is 14.4. The Balaban J connectivity index is 1.43. The van der Waals surface area contributed by atoms with E-state index in [1.165, 1.54) is 5.56 Å². The molecular weight excluding hydrogens is 416 g/mol. The lowest BCUT2D eigenvalue weighted by molar-refractivity contribution is 0.248. The fourth-order valence-electron chi connectivity index (χ4n) is 3.56. The molecular formula is C23H25ClN4O3. The van der Waals surface area contributed by atoms with Gasteiger partial charge in [0.05, 0.1) is 14.2 Å². The molecule has 1 fully saturated rings. The molecule has 7 nitrogen and oxygen atoms in total. The van der Waals surface area contributed by atoms with E-state index in [0.29, 0.717) is 23.1 Å². The summed E-state index contributed by atoms with van der Waals surface area (Å²) in [5.74, 6) is 3.07. The topological polar surface area (TPSA) is 60.0 Å². The van der Waals surface area contributed by atoms with Gasteiger partial charge < -0.3 is 19.1 Å². The summed E-state index contributed by atoms with van der Waals surface area (Å²) in [7, 11) is 3.20. The first-order valence-electron chi connectivity index (χ1n) is 10.1. The molecule has 0 N–H and O–H groups in total. The Labute approximate surface area is 187 Å². The van der Waals surface area contributed by atoms with Gasteiger partial charge in [0.15, 0.2) is 17.3 Å². The second-order valence-electron chi connectivity index (χ2n) is 7.19. The average Bonchev–Trinajstić information content (AvgIpc) is 2.81. The standard InChI is InChI=1S/C23H25ClN4O3/c1-29-20-8-7-19(15-21(20)30-2)31-23-22(25-9-10-26-23)28-13-11-27(12-14-28)16-17-3-5-18(24)6-4-17/h3-10,15H,11-14,16H2,1-2H3. The number of ether oxygens (including phenoxy) is 3. The van der Waals surface area contributed by atoms with E-state index in [1.807, 2.05) is 18.2 Å². The number of aromatic nitrogens is 2. The zero-order valence-electron chi connectivity index (χ0n) is 17.6. The number of nitrogens with zero attached hydrogens (tertiary/aromatic N) is 4. The van der Waals surface area contributed by atoms with E-state index in [4.69, 9.17) is 25.8 Å². The summed E-state index contributed by atoms with van der Waals surface area (Å²) in [5.41, 5.74) is 1.26. The molecule has 8 heteroatoms. The van der Waals surface area contributed by atoms with Gasteiger partial charge in [0.1, 0.15) is 5.75 Å². The van der Waals surface area contributed by atoms with Crippen molar-refractivity contribution in [2.75, 3.05) is 45.3 Å². The lowest BCUT2D eigenvalue weighted by Gasteiger charge is -2.35. The molecule has 2 aromatic carbocycles. The minimum atomic E-state index is 0.473. The van der Waals surface area contributed by atoms with Gasteiger partial charge in [0.2, 0.25) is 0 Å². The molecule has 1 aromatic heterocycles. The Morgan fingerprint density at radius 2 is 1.58 bits per heavy atom. The van der Waals surface area contributed by atoms with Crippen molar-refractivity contribution in [3.8, 4) is 23.1 Å². The van der Waals surface area contributed by atoms with Gasteiger partial charge in [0, 0.05) is 56.2 Å². The van der Waals surface area contributed by atoms with Gasteiger partial charge in [-0.05, 0) is 29.8 Å². The van der Waals surface area contributed by atoms with Gasteiger partial charge in [-0.2, -0.15) is 0 Å². The van der Waals surface area contributed by atoms with Gasteiger partial charge in [-0.25, -0.2) is 9.97 Å². The Morgan fingerprint density at radius 1 is 0.871 bits per heavy atom. The minimum Gasteiger partial charge on any atom is -0.493 e. The summed E-state index contributed by atoms with van der Waals surface area (Å²) < 4.78 is 16.7. The summed E-state index contributed by atoms with van der Waals surface area (Å²) in [6.07, 6.45) is 3.33. The minimum absolute atomic E-state index is 0.473. The van der Waals surface area contributed by atoms with Crippen LogP contribution >= 0.6 is 11.6 Å². The van der Waals surface area contributed by atoms with Crippen LogP contribution in [-0.4, -0.2) is 55.3 Å². The van der Waals surface area contributed by atoms with Crippen molar-refractivity contribution in [1.82, 2.24) is 14.9 Å². The van der Waals surface area contributed by atoms with Crippen LogP contribution in [0.2, 0.25) is 5.02 Å². The number of anilines is 1. The Morgan fingerprint density at radius 3 is 2.29 bits per heavy atom. The summed E-state index contributed by atoms with van der Waals surface area (Å²) in [5, 5.41) is 0.762. The van der Waals surface area contributed by atoms with Gasteiger partial charge in [-0.15, -0.1) is 0 Å². The van der Waals surface area contributed by atoms with Crippen molar-refractivity contribution in [3.05, 3.63) is 65.4 Å². The second-order valence-corrected chi connectivity index (χ2v) is 7.63. The molecule has 0 aliphatic carbocycles. The quantitative estimate of drug-likeness (QED) is 0.544. The maximum Gasteiger partial charge on any atom is 0.263 e. The van der Waals surface area contributed by atoms with Gasteiger partial charge in [0.25, 0.3) is 5.88 Å². The first kappa shape index (κ1) is 21.2. The molecule has 0 saturated carbocycles. The maximum absolute atomic E-state index is 6.06. The highest BCUT2D eigenvalue weighted by Gasteiger charge is 2.22. The molecule has 3 aromatic rings. The van der Waals surface area contributed by atoms with Crippen molar-refractivity contribution in [2.45, 2.75) is 6.54 Å². The van der Waals surface area contributed by atoms with Crippen molar-refractivity contribution < 1.29 is 14.2 Å². The summed E-state index contributed by atoms with van der Waals surface area (Å²) in [6.45, 7) is 4.44. The lowest BCUT2D eigenvalue weighted by Crippen LogP contribution is -2.46. The van der Waals surface area contributed by atoms with Gasteiger partial charge in [-0.1, -0.05) is 23.7 Å². The van der Waals surface area contributed by atoms with E-state index < -0.39 is 0 Å². The molecule has 0 unspecified atom stereocenters. The lowest BCUT2D eigenvalue weighted by atomic mass is 10.2. The maximum atomic E-state index is 6.06. The van der Waals surface area contributed by atoms with E-state index in [-0.39, 0.29) is 0 Å². The van der Waals surface area contributed by atoms with Crippen LogP contribution in [0, 0.1) is 0 Å². The SMILES string of the molecule is COc1ccc(Oc2nccnc2N2CCN(Cc3ccc(Cl)cc3)CC2)cc1OC. The molecule has 0 atom stereocenters. The van der Waals surface area contributed by atoms with Crippen molar-refractivity contribution in [2.24, 2.45) is 0 Å². The Bertz CT molecular complexity index is 1010. The predicted octanol–water partition coefficient (Wildman–Crippen LogP) is 4.26. The van der Waals surface area contributed by atoms with Crippen molar-refractivity contribution in [3.63, 3.8) is 0 Å². The van der Waals surface area contributed by atoms with E-state index in [9.17, 15) is 0 Å². The molecule has 31 heavy (non-hydrogen) atoms. The zero-order valence-corrected chi connectivity index (χ0v) is 18.4. The highest BCUT2D eigenvalue weighted by molar-refractivity contribution is 6.30. The van der Waals surface area contributed by atoms with Crippen LogP contribution in [0.15, 0.2) is 54.9 Å². The largest absolute Gasteiger partial charge is 0.493 e. The van der Waals surface area contributed by atoms with E-state index >= 15 is 0 Å². The van der Waals surface area contributed by atoms with Gasteiger partial charge >= 0.3 is 0 Å². The monoisotopic (exact) mass is 440 g/mol. The van der Waals surface area contributed by atoms with E-state index in [2.05, 4.69) is 31.9 Å². The number of rotatable bonds is 7. The summed E-state index contributed by atoms with van der Waals surface area (Å²) in [6, 6.07) is 13.4. The summed E-state index contributed by atoms with van der Waals surface area (Å²) in [4.78, 5) is 13.6. The molecule has 1 aliphatic heterocycles. The third-order valence-corrected chi connectivity index (χ3v) is 5.46. The fraction of sp³-hybridized carbons (Fsp3) is 0.304. The predicted molar refractivity (Wildman–Crippen MR) is 121 cm³/mol. The number of benzene rings is 2. The van der Waals surface area contributed by atoms with Crippen LogP contribution in [-0.2, 0) is 6.54 Å². The molecule has 1 aliphatic rings. The number of halogens is 1. The molecule has 0 amide bonds. The smallest absolute Gasteiger partial charge is 0.263 e. The average molecular weight is 441 g/mol. The Hall–Kier alpha value is -3.03. The zero-order chi connectivity index (χ0) is 21.6.